The van der Waals surface area contributed by atoms with Crippen LogP contribution in [0.4, 0.5) is 4.39 Å². The number of alkyl halides is 1. The van der Waals surface area contributed by atoms with Crippen LogP contribution in [0.15, 0.2) is 182 Å². The summed E-state index contributed by atoms with van der Waals surface area (Å²) in [6.45, 7) is -0.690. The average Bonchev–Trinajstić information content (AvgIpc) is 1.66. The van der Waals surface area contributed by atoms with E-state index in [1.165, 1.54) is 7.11 Å². The summed E-state index contributed by atoms with van der Waals surface area (Å²) < 4.78 is 98.4. The molecule has 95 heavy (non-hydrogen) atoms. The Kier molecular flexibility index (Phi) is 26.8. The molecule has 17 atom stereocenters. The van der Waals surface area contributed by atoms with E-state index in [2.05, 4.69) is 5.32 Å². The van der Waals surface area contributed by atoms with E-state index in [9.17, 15) is 38.9 Å². The summed E-state index contributed by atoms with van der Waals surface area (Å²) in [6.07, 6.45) is -16.4. The molecule has 4 aliphatic heterocycles. The second-order valence-corrected chi connectivity index (χ2v) is 23.8. The van der Waals surface area contributed by atoms with Crippen molar-refractivity contribution in [2.75, 3.05) is 33.5 Å². The molecule has 0 aliphatic carbocycles. The molecule has 0 aromatic heterocycles. The number of unbranched alkanes of at least 4 members (excludes halogenated alkanes) is 5. The lowest BCUT2D eigenvalue weighted by molar-refractivity contribution is -0.220. The summed E-state index contributed by atoms with van der Waals surface area (Å²) >= 11 is 0. The maximum Gasteiger partial charge on any atom is 0.338 e. The van der Waals surface area contributed by atoms with Gasteiger partial charge in [-0.05, 0) is 65.9 Å². The molecule has 508 valence electrons. The van der Waals surface area contributed by atoms with Crippen molar-refractivity contribution in [3.05, 3.63) is 215 Å². The first-order valence-corrected chi connectivity index (χ1v) is 32.4. The molecule has 4 aliphatic rings. The number of benzene rings is 6. The summed E-state index contributed by atoms with van der Waals surface area (Å²) in [4.78, 5) is 54.2. The number of hydrogen-bond donors (Lipinski definition) is 4. The second kappa shape index (κ2) is 36.1. The first kappa shape index (κ1) is 70.4. The van der Waals surface area contributed by atoms with E-state index in [0.717, 1.165) is 48.8 Å². The van der Waals surface area contributed by atoms with E-state index in [-0.39, 0.29) is 68.7 Å². The van der Waals surface area contributed by atoms with Crippen molar-refractivity contribution < 1.29 is 100 Å². The Morgan fingerprint density at radius 3 is 1.22 bits per heavy atom. The third-order valence-corrected chi connectivity index (χ3v) is 17.1. The number of ether oxygens (including phenoxy) is 13. The molecule has 6 aromatic carbocycles. The monoisotopic (exact) mass is 1310 g/mol. The highest BCUT2D eigenvalue weighted by Crippen LogP contribution is 2.37. The predicted octanol–water partition coefficient (Wildman–Crippen LogP) is 8.33. The van der Waals surface area contributed by atoms with Gasteiger partial charge in [-0.3, -0.25) is 4.79 Å². The lowest BCUT2D eigenvalue weighted by Gasteiger charge is -2.29. The van der Waals surface area contributed by atoms with E-state index in [1.54, 1.807) is 91.0 Å². The van der Waals surface area contributed by atoms with Crippen LogP contribution in [0.3, 0.4) is 0 Å². The Morgan fingerprint density at radius 1 is 0.474 bits per heavy atom. The SMILES string of the molecule is COC(=O)CCCCCCCCO[C@H]1O[C@H](CO[C@H]2O[C@H](CO[C@H]3O[C@H](CC(O)[C@H](O)[C@H]4NC[C@@H](F)[C@@H]4O)[C@@H](OCc4ccccc4)[C@@H]3OC(=O)c3ccccc3)[C@@H](OCc3ccccc3)[C@@H]2OC(=O)c2ccccc2)[C@@H](OCc2ccccc2)[C@@H]1OC(=O)c1ccccc1. The van der Waals surface area contributed by atoms with Gasteiger partial charge in [0.1, 0.15) is 42.8 Å². The Labute approximate surface area is 551 Å². The number of nitrogens with one attached hydrogen (secondary N) is 1. The molecule has 0 bridgehead atoms. The van der Waals surface area contributed by atoms with Gasteiger partial charge in [0.15, 0.2) is 37.2 Å². The van der Waals surface area contributed by atoms with Crippen molar-refractivity contribution in [2.24, 2.45) is 0 Å². The minimum atomic E-state index is -1.69. The third kappa shape index (κ3) is 19.9. The molecule has 6 aromatic rings. The van der Waals surface area contributed by atoms with E-state index in [1.807, 2.05) is 91.0 Å². The third-order valence-electron chi connectivity index (χ3n) is 17.1. The maximum absolute atomic E-state index is 14.6. The van der Waals surface area contributed by atoms with Crippen LogP contribution in [-0.2, 0) is 86.2 Å². The lowest BCUT2D eigenvalue weighted by Crippen LogP contribution is -2.50. The van der Waals surface area contributed by atoms with Crippen LogP contribution < -0.4 is 5.32 Å². The molecule has 22 heteroatoms. The summed E-state index contributed by atoms with van der Waals surface area (Å²) in [5.41, 5.74) is 3.02. The highest BCUT2D eigenvalue weighted by Gasteiger charge is 2.55. The molecule has 10 rings (SSSR count). The van der Waals surface area contributed by atoms with Gasteiger partial charge in [0.25, 0.3) is 0 Å². The van der Waals surface area contributed by atoms with Crippen molar-refractivity contribution in [3.63, 3.8) is 0 Å². The molecule has 0 amide bonds. The van der Waals surface area contributed by atoms with Crippen LogP contribution >= 0.6 is 0 Å². The molecule has 0 spiro atoms. The van der Waals surface area contributed by atoms with E-state index < -0.39 is 129 Å². The average molecular weight is 1310 g/mol. The zero-order chi connectivity index (χ0) is 66.3. The Morgan fingerprint density at radius 2 is 0.832 bits per heavy atom. The molecule has 21 nitrogen and oxygen atoms in total. The molecule has 4 fully saturated rings. The van der Waals surface area contributed by atoms with E-state index in [4.69, 9.17) is 61.6 Å². The molecule has 1 unspecified atom stereocenters. The summed E-state index contributed by atoms with van der Waals surface area (Å²) in [5, 5.41) is 36.4. The van der Waals surface area contributed by atoms with Crippen LogP contribution in [0.5, 0.6) is 0 Å². The van der Waals surface area contributed by atoms with Gasteiger partial charge in [0.05, 0.1) is 81.2 Å². The number of aliphatic hydroxyl groups is 3. The normalized spacial score (nSPS) is 27.0. The van der Waals surface area contributed by atoms with Gasteiger partial charge in [-0.15, -0.1) is 0 Å². The number of aliphatic hydroxyl groups excluding tert-OH is 3. The van der Waals surface area contributed by atoms with E-state index in [0.29, 0.717) is 12.8 Å². The molecule has 4 saturated heterocycles. The van der Waals surface area contributed by atoms with Crippen molar-refractivity contribution in [2.45, 2.75) is 176 Å². The first-order chi connectivity index (χ1) is 46.4. The quantitative estimate of drug-likeness (QED) is 0.0166. The van der Waals surface area contributed by atoms with Gasteiger partial charge < -0.3 is 82.2 Å². The Bertz CT molecular complexity index is 3260. The van der Waals surface area contributed by atoms with Gasteiger partial charge in [-0.25, -0.2) is 18.8 Å². The fourth-order valence-electron chi connectivity index (χ4n) is 11.9. The van der Waals surface area contributed by atoms with E-state index >= 15 is 0 Å². The van der Waals surface area contributed by atoms with Crippen LogP contribution in [0.1, 0.15) is 99.1 Å². The first-order valence-electron chi connectivity index (χ1n) is 32.4. The standard InChI is InChI=1S/C73H84FNO20/c1-83-58(77)38-24-4-2-3-5-25-39-84-71-66(94-69(81)51-34-20-10-21-35-51)63(86-43-48-28-14-7-15-29-48)56(91-71)45-89-73-67(95-70(82)52-36-22-11-23-37-52)64(87-44-49-30-16-8-17-31-49)57(92-73)46-88-72-65(93-68(80)50-32-18-9-19-33-50)62(85-42-47-26-12-6-13-27-47)55(90-72)40-54(76)61(79)59-60(78)53(74)41-75-59/h6-23,26-37,53-57,59-67,71-73,75-76,78-79H,2-5,24-25,38-46H2,1H3/t53-,54?,55-,56-,57-,59+,60+,61+,62-,63-,64-,65+,66+,67+,71+,72+,73+/m1/s1. The molecule has 4 N–H and O–H groups in total. The van der Waals surface area contributed by atoms with Crippen molar-refractivity contribution >= 4 is 23.9 Å². The lowest BCUT2D eigenvalue weighted by atomic mass is 9.95. The maximum atomic E-state index is 14.6. The Hall–Kier alpha value is -7.39. The van der Waals surface area contributed by atoms with Gasteiger partial charge in [0.2, 0.25) is 0 Å². The smallest absolute Gasteiger partial charge is 0.338 e. The number of hydrogen-bond acceptors (Lipinski definition) is 21. The topological polar surface area (TPSA) is 261 Å². The minimum Gasteiger partial charge on any atom is -0.469 e. The highest BCUT2D eigenvalue weighted by atomic mass is 19.1. The largest absolute Gasteiger partial charge is 0.469 e. The fraction of sp³-hybridized carbons (Fsp3) is 0.452. The number of esters is 4. The highest BCUT2D eigenvalue weighted by molar-refractivity contribution is 5.90. The zero-order valence-electron chi connectivity index (χ0n) is 52.9. The number of carbonyl (C=O) groups is 4. The van der Waals surface area contributed by atoms with Gasteiger partial charge in [-0.2, -0.15) is 0 Å². The fourth-order valence-corrected chi connectivity index (χ4v) is 11.9. The van der Waals surface area contributed by atoms with Crippen LogP contribution in [-0.4, -0.2) is 177 Å². The molecular formula is C73H84FNO20. The summed E-state index contributed by atoms with van der Waals surface area (Å²) in [5.74, 6) is -2.37. The minimum absolute atomic E-state index is 0.00980. The number of rotatable bonds is 35. The van der Waals surface area contributed by atoms with Crippen molar-refractivity contribution in [1.82, 2.24) is 5.32 Å². The molecule has 0 radical (unpaired) electrons. The van der Waals surface area contributed by atoms with Gasteiger partial charge >= 0.3 is 23.9 Å². The molecule has 4 heterocycles. The zero-order valence-corrected chi connectivity index (χ0v) is 52.9. The molecule has 0 saturated carbocycles. The summed E-state index contributed by atoms with van der Waals surface area (Å²) in [7, 11) is 1.38. The predicted molar refractivity (Wildman–Crippen MR) is 339 cm³/mol. The van der Waals surface area contributed by atoms with Crippen LogP contribution in [0.25, 0.3) is 0 Å². The number of methoxy groups -OCH3 is 1. The second-order valence-electron chi connectivity index (χ2n) is 23.8. The van der Waals surface area contributed by atoms with Gasteiger partial charge in [0, 0.05) is 26.0 Å². The van der Waals surface area contributed by atoms with Crippen LogP contribution in [0.2, 0.25) is 0 Å². The Balaban J connectivity index is 0.939. The number of carbonyl (C=O) groups excluding carboxylic acids is 4. The van der Waals surface area contributed by atoms with Crippen LogP contribution in [0, 0.1) is 0 Å². The van der Waals surface area contributed by atoms with Crippen molar-refractivity contribution in [3.8, 4) is 0 Å². The van der Waals surface area contributed by atoms with Crippen molar-refractivity contribution in [1.29, 1.82) is 0 Å². The molecular weight excluding hydrogens is 1230 g/mol. The number of halogens is 1. The summed E-state index contributed by atoms with van der Waals surface area (Å²) in [6, 6.07) is 51.7. The van der Waals surface area contributed by atoms with Gasteiger partial charge in [-0.1, -0.05) is 171 Å².